The van der Waals surface area contributed by atoms with Crippen LogP contribution in [0, 0.1) is 5.92 Å². The molecule has 3 N–H and O–H groups in total. The molecule has 0 saturated heterocycles. The molecule has 0 aliphatic heterocycles. The molecule has 1 fully saturated rings. The van der Waals surface area contributed by atoms with Gasteiger partial charge in [-0.05, 0) is 19.1 Å². The third kappa shape index (κ3) is 3.84. The molecule has 2 aromatic rings. The first-order valence-electron chi connectivity index (χ1n) is 7.38. The summed E-state index contributed by atoms with van der Waals surface area (Å²) in [5.41, 5.74) is 6.53. The van der Waals surface area contributed by atoms with E-state index in [1.165, 1.54) is 0 Å². The predicted molar refractivity (Wildman–Crippen MR) is 95.7 cm³/mol. The van der Waals surface area contributed by atoms with E-state index >= 15 is 0 Å². The molecule has 1 heterocycles. The Balaban J connectivity index is 0.00000208. The Bertz CT molecular complexity index is 802. The van der Waals surface area contributed by atoms with Crippen molar-refractivity contribution in [1.82, 2.24) is 4.98 Å². The first kappa shape index (κ1) is 19.0. The largest absolute Gasteiger partial charge is 0.492 e. The number of nitrogens with one attached hydrogen (secondary N) is 1. The normalized spacial score (nSPS) is 17.9. The highest BCUT2D eigenvalue weighted by molar-refractivity contribution is 7.59. The highest BCUT2D eigenvalue weighted by atomic mass is 35.5. The lowest BCUT2D eigenvalue weighted by atomic mass is 9.82. The minimum atomic E-state index is -2.57. The molecule has 4 nitrogen and oxygen atoms in total. The fourth-order valence-electron chi connectivity index (χ4n) is 2.78. The van der Waals surface area contributed by atoms with Gasteiger partial charge in [0.25, 0.3) is 5.56 Å². The number of pyridine rings is 1. The zero-order valence-corrected chi connectivity index (χ0v) is 14.8. The number of halogens is 3. The van der Waals surface area contributed by atoms with Gasteiger partial charge in [-0.1, -0.05) is 11.6 Å². The van der Waals surface area contributed by atoms with E-state index in [0.717, 1.165) is 5.39 Å². The van der Waals surface area contributed by atoms with E-state index in [-0.39, 0.29) is 44.4 Å². The lowest BCUT2D eigenvalue weighted by Crippen LogP contribution is -2.38. The lowest BCUT2D eigenvalue weighted by molar-refractivity contribution is -0.119. The number of rotatable bonds is 4. The van der Waals surface area contributed by atoms with Crippen LogP contribution >= 0.6 is 25.1 Å². The third-order valence-corrected chi connectivity index (χ3v) is 4.36. The average Bonchev–Trinajstić information content (AvgIpc) is 2.42. The van der Waals surface area contributed by atoms with E-state index in [2.05, 4.69) is 4.98 Å². The van der Waals surface area contributed by atoms with Gasteiger partial charge in [0.05, 0.1) is 17.1 Å². The molecule has 1 aromatic heterocycles. The van der Waals surface area contributed by atoms with Crippen LogP contribution in [0.3, 0.4) is 0 Å². The van der Waals surface area contributed by atoms with Crippen molar-refractivity contribution in [2.45, 2.75) is 31.7 Å². The molecule has 0 spiro atoms. The quantitative estimate of drug-likeness (QED) is 0.854. The smallest absolute Gasteiger partial charge is 0.253 e. The first-order chi connectivity index (χ1) is 10.7. The molecule has 1 saturated carbocycles. The number of aromatic amines is 1. The molecule has 1 aliphatic rings. The Morgan fingerprint density at radius 1 is 1.42 bits per heavy atom. The first-order valence-corrected chi connectivity index (χ1v) is 7.76. The number of hydrogen-bond acceptors (Lipinski definition) is 3. The van der Waals surface area contributed by atoms with Gasteiger partial charge in [-0.3, -0.25) is 4.79 Å². The Morgan fingerprint density at radius 3 is 2.67 bits per heavy atom. The summed E-state index contributed by atoms with van der Waals surface area (Å²) in [4.78, 5) is 14.7. The summed E-state index contributed by atoms with van der Waals surface area (Å²) in [6, 6.07) is 4.59. The van der Waals surface area contributed by atoms with Crippen molar-refractivity contribution >= 4 is 36.0 Å². The van der Waals surface area contributed by atoms with Crippen molar-refractivity contribution in [3.63, 3.8) is 0 Å². The molecule has 1 aliphatic carbocycles. The topological polar surface area (TPSA) is 68.1 Å². The van der Waals surface area contributed by atoms with E-state index in [4.69, 9.17) is 22.1 Å². The third-order valence-electron chi connectivity index (χ3n) is 4.07. The molecule has 0 radical (unpaired) electrons. The second kappa shape index (κ2) is 6.90. The van der Waals surface area contributed by atoms with E-state index in [1.807, 2.05) is 0 Å². The average molecular weight is 377 g/mol. The number of H-pyrrole nitrogens is 1. The fraction of sp³-hybridized carbons (Fsp3) is 0.438. The van der Waals surface area contributed by atoms with Crippen LogP contribution in [-0.2, 0) is 0 Å². The number of aromatic nitrogens is 1. The van der Waals surface area contributed by atoms with Gasteiger partial charge >= 0.3 is 0 Å². The van der Waals surface area contributed by atoms with Gasteiger partial charge in [-0.15, -0.1) is 0 Å². The summed E-state index contributed by atoms with van der Waals surface area (Å²) in [7, 11) is 0. The maximum Gasteiger partial charge on any atom is 0.253 e. The Hall–Kier alpha value is -1.31. The summed E-state index contributed by atoms with van der Waals surface area (Å²) >= 11 is 6.18. The van der Waals surface area contributed by atoms with Crippen molar-refractivity contribution in [3.8, 4) is 5.75 Å². The number of benzene rings is 1. The molecule has 24 heavy (non-hydrogen) atoms. The van der Waals surface area contributed by atoms with Crippen LogP contribution < -0.4 is 16.0 Å². The van der Waals surface area contributed by atoms with Crippen LogP contribution in [0.25, 0.3) is 10.9 Å². The molecular weight excluding hydrogens is 358 g/mol. The highest BCUT2D eigenvalue weighted by Gasteiger charge is 2.45. The molecule has 3 rings (SSSR count). The molecular formula is C16H19ClF2N2O2S. The van der Waals surface area contributed by atoms with Crippen molar-refractivity contribution in [2.24, 2.45) is 11.7 Å². The number of nitrogens with two attached hydrogens (primary N) is 1. The van der Waals surface area contributed by atoms with Crippen LogP contribution in [0.1, 0.15) is 31.4 Å². The van der Waals surface area contributed by atoms with Gasteiger partial charge in [0, 0.05) is 41.8 Å². The minimum absolute atomic E-state index is 0. The molecule has 1 atom stereocenters. The monoisotopic (exact) mass is 376 g/mol. The van der Waals surface area contributed by atoms with Crippen LogP contribution in [-0.4, -0.2) is 17.5 Å². The lowest BCUT2D eigenvalue weighted by Gasteiger charge is -2.34. The molecule has 0 amide bonds. The van der Waals surface area contributed by atoms with Crippen LogP contribution in [0.2, 0.25) is 5.02 Å². The number of ether oxygens (including phenoxy) is 1. The van der Waals surface area contributed by atoms with Crippen LogP contribution in [0.15, 0.2) is 23.0 Å². The molecule has 8 heteroatoms. The summed E-state index contributed by atoms with van der Waals surface area (Å²) < 4.78 is 31.2. The van der Waals surface area contributed by atoms with Gasteiger partial charge in [-0.25, -0.2) is 8.78 Å². The summed E-state index contributed by atoms with van der Waals surface area (Å²) in [6.07, 6.45) is -0.320. The molecule has 1 aromatic carbocycles. The van der Waals surface area contributed by atoms with Gasteiger partial charge in [0.1, 0.15) is 5.75 Å². The second-order valence-electron chi connectivity index (χ2n) is 6.15. The standard InChI is InChI=1S/C16H17ClF2N2O2.H2S/c1-8(20)11-2-10-3-12(17)14(4-13(10)21-15(11)22)23-7-9-5-16(18,19)6-9;/h2-4,8-9H,5-7,20H2,1H3,(H,21,22);1H2/t8-;/m0./s1. The van der Waals surface area contributed by atoms with Crippen LogP contribution in [0.5, 0.6) is 5.75 Å². The van der Waals surface area contributed by atoms with E-state index in [0.29, 0.717) is 21.9 Å². The van der Waals surface area contributed by atoms with E-state index < -0.39 is 12.0 Å². The molecule has 0 bridgehead atoms. The van der Waals surface area contributed by atoms with Crippen molar-refractivity contribution in [2.75, 3.05) is 6.61 Å². The summed E-state index contributed by atoms with van der Waals surface area (Å²) in [6.45, 7) is 1.91. The van der Waals surface area contributed by atoms with Crippen molar-refractivity contribution in [3.05, 3.63) is 39.1 Å². The number of hydrogen-bond donors (Lipinski definition) is 2. The minimum Gasteiger partial charge on any atom is -0.492 e. The zero-order chi connectivity index (χ0) is 16.8. The predicted octanol–water partition coefficient (Wildman–Crippen LogP) is 3.74. The SMILES string of the molecule is C[C@H](N)c1cc2cc(Cl)c(OCC3CC(F)(F)C3)cc2[nH]c1=O.S. The van der Waals surface area contributed by atoms with Gasteiger partial charge in [0.2, 0.25) is 5.92 Å². The maximum atomic E-state index is 12.8. The van der Waals surface area contributed by atoms with E-state index in [9.17, 15) is 13.6 Å². The molecule has 0 unspecified atom stereocenters. The Morgan fingerprint density at radius 2 is 2.08 bits per heavy atom. The van der Waals surface area contributed by atoms with Gasteiger partial charge < -0.3 is 15.5 Å². The fourth-order valence-corrected chi connectivity index (χ4v) is 3.01. The van der Waals surface area contributed by atoms with Crippen LogP contribution in [0.4, 0.5) is 8.78 Å². The molecule has 132 valence electrons. The summed E-state index contributed by atoms with van der Waals surface area (Å²) in [5, 5.41) is 1.11. The number of fused-ring (bicyclic) bond motifs is 1. The van der Waals surface area contributed by atoms with E-state index in [1.54, 1.807) is 25.1 Å². The highest BCUT2D eigenvalue weighted by Crippen LogP contribution is 2.42. The van der Waals surface area contributed by atoms with Gasteiger partial charge in [0.15, 0.2) is 0 Å². The zero-order valence-electron chi connectivity index (χ0n) is 13.0. The summed E-state index contributed by atoms with van der Waals surface area (Å²) in [5.74, 6) is -2.36. The van der Waals surface area contributed by atoms with Gasteiger partial charge in [-0.2, -0.15) is 13.5 Å². The maximum absolute atomic E-state index is 12.8. The Labute approximate surface area is 149 Å². The second-order valence-corrected chi connectivity index (χ2v) is 6.56. The van der Waals surface area contributed by atoms with Crippen molar-refractivity contribution in [1.29, 1.82) is 0 Å². The number of alkyl halides is 2. The van der Waals surface area contributed by atoms with Crippen molar-refractivity contribution < 1.29 is 13.5 Å². The Kier molecular flexibility index (Phi) is 5.47.